The van der Waals surface area contributed by atoms with Crippen LogP contribution in [0.4, 0.5) is 10.5 Å². The highest BCUT2D eigenvalue weighted by molar-refractivity contribution is 6.33. The van der Waals surface area contributed by atoms with Crippen molar-refractivity contribution >= 4 is 34.9 Å². The van der Waals surface area contributed by atoms with E-state index in [-0.39, 0.29) is 18.6 Å². The number of amides is 2. The van der Waals surface area contributed by atoms with E-state index in [1.54, 1.807) is 54.6 Å². The second-order valence-corrected chi connectivity index (χ2v) is 9.12. The van der Waals surface area contributed by atoms with Gasteiger partial charge in [0.05, 0.1) is 39.4 Å². The molecule has 2 aliphatic carbocycles. The summed E-state index contributed by atoms with van der Waals surface area (Å²) < 4.78 is 11.7. The normalized spacial score (nSPS) is 18.3. The summed E-state index contributed by atoms with van der Waals surface area (Å²) in [6.45, 7) is 0.275. The van der Waals surface area contributed by atoms with Gasteiger partial charge in [-0.25, -0.2) is 4.79 Å². The lowest BCUT2D eigenvalue weighted by molar-refractivity contribution is 0.208. The topological polar surface area (TPSA) is 107 Å². The zero-order valence-electron chi connectivity index (χ0n) is 19.6. The Bertz CT molecular complexity index is 1380. The molecule has 37 heavy (non-hydrogen) atoms. The van der Waals surface area contributed by atoms with E-state index >= 15 is 0 Å². The van der Waals surface area contributed by atoms with Crippen molar-refractivity contribution < 1.29 is 14.3 Å². The molecular weight excluding hydrogens is 511 g/mol. The van der Waals surface area contributed by atoms with E-state index in [0.29, 0.717) is 51.4 Å². The van der Waals surface area contributed by atoms with Gasteiger partial charge < -0.3 is 20.1 Å². The molecule has 0 bridgehead atoms. The van der Waals surface area contributed by atoms with Crippen LogP contribution in [0.15, 0.2) is 89.3 Å². The van der Waals surface area contributed by atoms with Crippen molar-refractivity contribution in [1.29, 1.82) is 10.5 Å². The lowest BCUT2D eigenvalue weighted by atomic mass is 10.0. The highest BCUT2D eigenvalue weighted by Crippen LogP contribution is 2.27. The Labute approximate surface area is 224 Å². The minimum absolute atomic E-state index is 0.127. The number of carbonyl (C=O) groups is 1. The lowest BCUT2D eigenvalue weighted by Gasteiger charge is -2.22. The fourth-order valence-electron chi connectivity index (χ4n) is 3.65. The van der Waals surface area contributed by atoms with Crippen LogP contribution < -0.4 is 15.4 Å². The molecule has 2 aromatic carbocycles. The summed E-state index contributed by atoms with van der Waals surface area (Å²) in [4.78, 5) is 12.7. The standard InChI is InChI=1S/C28H22Cl2N4O3/c29-24-11-5-20(17-36-21-6-1-18(15-31)2-7-21)13-26(24)33-28(35)34-27-14-23(10-12-25(27)30)37-22-8-3-19(16-32)4-9-22/h1,3-13,18,23H,2,14,17H2,(H2,33,34,35). The van der Waals surface area contributed by atoms with Crippen LogP contribution in [0.1, 0.15) is 24.0 Å². The summed E-state index contributed by atoms with van der Waals surface area (Å²) in [7, 11) is 0. The Hall–Kier alpha value is -4.17. The van der Waals surface area contributed by atoms with Gasteiger partial charge in [0.25, 0.3) is 0 Å². The highest BCUT2D eigenvalue weighted by Gasteiger charge is 2.20. The second-order valence-electron chi connectivity index (χ2n) is 8.30. The molecule has 0 spiro atoms. The van der Waals surface area contributed by atoms with Gasteiger partial charge in [-0.2, -0.15) is 10.5 Å². The van der Waals surface area contributed by atoms with Gasteiger partial charge in [-0.3, -0.25) is 0 Å². The zero-order valence-corrected chi connectivity index (χ0v) is 21.1. The number of urea groups is 1. The van der Waals surface area contributed by atoms with Gasteiger partial charge >= 0.3 is 6.03 Å². The van der Waals surface area contributed by atoms with Crippen LogP contribution in [-0.2, 0) is 11.3 Å². The first-order chi connectivity index (χ1) is 17.9. The molecule has 0 saturated carbocycles. The first-order valence-corrected chi connectivity index (χ1v) is 12.2. The first kappa shape index (κ1) is 25.9. The number of hydrogen-bond donors (Lipinski definition) is 2. The van der Waals surface area contributed by atoms with Crippen molar-refractivity contribution in [1.82, 2.24) is 5.32 Å². The van der Waals surface area contributed by atoms with Crippen LogP contribution >= 0.6 is 23.2 Å². The smallest absolute Gasteiger partial charge is 0.323 e. The lowest BCUT2D eigenvalue weighted by Crippen LogP contribution is -2.32. The number of rotatable bonds is 7. The maximum atomic E-state index is 12.7. The van der Waals surface area contributed by atoms with E-state index in [0.717, 1.165) is 5.56 Å². The zero-order chi connectivity index (χ0) is 26.2. The molecule has 2 aliphatic rings. The Kier molecular flexibility index (Phi) is 8.53. The maximum absolute atomic E-state index is 12.7. The number of anilines is 1. The Morgan fingerprint density at radius 3 is 2.57 bits per heavy atom. The molecule has 0 saturated heterocycles. The summed E-state index contributed by atoms with van der Waals surface area (Å²) in [5.74, 6) is 1.17. The van der Waals surface area contributed by atoms with Crippen molar-refractivity contribution in [2.24, 2.45) is 5.92 Å². The van der Waals surface area contributed by atoms with Crippen molar-refractivity contribution in [2.45, 2.75) is 25.6 Å². The van der Waals surface area contributed by atoms with Crippen molar-refractivity contribution in [2.75, 3.05) is 5.32 Å². The average Bonchev–Trinajstić information content (AvgIpc) is 2.91. The predicted molar refractivity (Wildman–Crippen MR) is 142 cm³/mol. The molecule has 2 amide bonds. The molecule has 0 aromatic heterocycles. The van der Waals surface area contributed by atoms with Crippen molar-refractivity contribution in [3.8, 4) is 17.9 Å². The largest absolute Gasteiger partial charge is 0.489 e. The van der Waals surface area contributed by atoms with Gasteiger partial charge in [-0.1, -0.05) is 35.3 Å². The van der Waals surface area contributed by atoms with Crippen LogP contribution in [0.3, 0.4) is 0 Å². The number of nitriles is 2. The molecule has 0 fully saturated rings. The monoisotopic (exact) mass is 532 g/mol. The van der Waals surface area contributed by atoms with Gasteiger partial charge in [0.2, 0.25) is 0 Å². The summed E-state index contributed by atoms with van der Waals surface area (Å²) in [6.07, 6.45) is 9.58. The van der Waals surface area contributed by atoms with Crippen LogP contribution in [-0.4, -0.2) is 12.1 Å². The second kappa shape index (κ2) is 12.2. The summed E-state index contributed by atoms with van der Waals surface area (Å²) in [5, 5.41) is 24.2. The predicted octanol–water partition coefficient (Wildman–Crippen LogP) is 6.69. The van der Waals surface area contributed by atoms with Gasteiger partial charge in [0.15, 0.2) is 0 Å². The van der Waals surface area contributed by atoms with Crippen molar-refractivity contribution in [3.05, 3.63) is 105 Å². The highest BCUT2D eigenvalue weighted by atomic mass is 35.5. The molecule has 0 radical (unpaired) electrons. The third-order valence-electron chi connectivity index (χ3n) is 5.60. The van der Waals surface area contributed by atoms with Crippen LogP contribution in [0.5, 0.6) is 5.75 Å². The molecule has 4 rings (SSSR count). The number of halogens is 2. The fourth-order valence-corrected chi connectivity index (χ4v) is 4.01. The Morgan fingerprint density at radius 1 is 1.05 bits per heavy atom. The number of ether oxygens (including phenoxy) is 2. The fraction of sp³-hybridized carbons (Fsp3) is 0.179. The van der Waals surface area contributed by atoms with Crippen LogP contribution in [0, 0.1) is 28.6 Å². The van der Waals surface area contributed by atoms with E-state index in [2.05, 4.69) is 22.8 Å². The minimum atomic E-state index is -0.499. The molecule has 2 unspecified atom stereocenters. The SMILES string of the molecule is N#Cc1ccc(OC2C=CC(Cl)=C(NC(=O)Nc3cc(COC4=CCC(C#N)C=C4)ccc3Cl)C2)cc1. The van der Waals surface area contributed by atoms with E-state index in [1.165, 1.54) is 0 Å². The number of allylic oxidation sites excluding steroid dienone is 5. The third-order valence-corrected chi connectivity index (χ3v) is 6.29. The molecule has 0 heterocycles. The van der Waals surface area contributed by atoms with Gasteiger partial charge in [0.1, 0.15) is 24.2 Å². The molecule has 186 valence electrons. The van der Waals surface area contributed by atoms with E-state index < -0.39 is 6.03 Å². The number of hydrogen-bond acceptors (Lipinski definition) is 5. The molecule has 0 aliphatic heterocycles. The minimum Gasteiger partial charge on any atom is -0.489 e. The van der Waals surface area contributed by atoms with E-state index in [1.807, 2.05) is 18.2 Å². The molecule has 2 atom stereocenters. The summed E-state index contributed by atoms with van der Waals surface area (Å²) in [6, 6.07) is 15.8. The number of benzene rings is 2. The first-order valence-electron chi connectivity index (χ1n) is 11.4. The third kappa shape index (κ3) is 7.17. The quantitative estimate of drug-likeness (QED) is 0.412. The number of nitrogens with one attached hydrogen (secondary N) is 2. The molecule has 9 heteroatoms. The summed E-state index contributed by atoms with van der Waals surface area (Å²) in [5.41, 5.74) is 2.28. The van der Waals surface area contributed by atoms with Crippen LogP contribution in [0.2, 0.25) is 5.02 Å². The molecule has 2 aromatic rings. The molecule has 2 N–H and O–H groups in total. The molecule has 7 nitrogen and oxygen atoms in total. The Balaban J connectivity index is 1.33. The Morgan fingerprint density at radius 2 is 1.86 bits per heavy atom. The van der Waals surface area contributed by atoms with Gasteiger partial charge in [0, 0.05) is 12.1 Å². The number of nitrogens with zero attached hydrogens (tertiary/aromatic N) is 2. The average molecular weight is 533 g/mol. The van der Waals surface area contributed by atoms with E-state index in [4.69, 9.17) is 43.2 Å². The van der Waals surface area contributed by atoms with Gasteiger partial charge in [-0.05, 0) is 72.7 Å². The van der Waals surface area contributed by atoms with Gasteiger partial charge in [-0.15, -0.1) is 0 Å². The number of carbonyl (C=O) groups excluding carboxylic acids is 1. The van der Waals surface area contributed by atoms with E-state index in [9.17, 15) is 4.79 Å². The van der Waals surface area contributed by atoms with Crippen LogP contribution in [0.25, 0.3) is 0 Å². The molecular formula is C28H22Cl2N4O3. The summed E-state index contributed by atoms with van der Waals surface area (Å²) >= 11 is 12.6. The maximum Gasteiger partial charge on any atom is 0.323 e. The van der Waals surface area contributed by atoms with Crippen molar-refractivity contribution in [3.63, 3.8) is 0 Å².